The van der Waals surface area contributed by atoms with Gasteiger partial charge in [0, 0.05) is 35.7 Å². The number of hydrogen-bond acceptors (Lipinski definition) is 5. The third kappa shape index (κ3) is 3.92. The molecule has 0 radical (unpaired) electrons. The molecule has 0 saturated carbocycles. The Kier molecular flexibility index (Phi) is 4.87. The van der Waals surface area contributed by atoms with Crippen LogP contribution in [0.1, 0.15) is 10.4 Å². The van der Waals surface area contributed by atoms with Crippen LogP contribution in [-0.2, 0) is 0 Å². The Morgan fingerprint density at radius 1 is 1.23 bits per heavy atom. The molecule has 22 heavy (non-hydrogen) atoms. The Labute approximate surface area is 127 Å². The summed E-state index contributed by atoms with van der Waals surface area (Å²) in [5, 5.41) is 13.5. The number of nitrogens with zero attached hydrogens (tertiary/aromatic N) is 1. The highest BCUT2D eigenvalue weighted by molar-refractivity contribution is 6.04. The molecule has 0 amide bonds. The van der Waals surface area contributed by atoms with Crippen LogP contribution in [0.15, 0.2) is 60.8 Å². The topological polar surface area (TPSA) is 81.5 Å². The summed E-state index contributed by atoms with van der Waals surface area (Å²) in [5.74, 6) is 0.496. The maximum absolute atomic E-state index is 11.9. The van der Waals surface area contributed by atoms with Gasteiger partial charge < -0.3 is 10.1 Å². The lowest BCUT2D eigenvalue weighted by Gasteiger charge is -2.01. The average Bonchev–Trinajstić information content (AvgIpc) is 2.55. The third-order valence-electron chi connectivity index (χ3n) is 2.92. The summed E-state index contributed by atoms with van der Waals surface area (Å²) >= 11 is 0. The van der Waals surface area contributed by atoms with Crippen molar-refractivity contribution in [2.24, 2.45) is 0 Å². The van der Waals surface area contributed by atoms with Crippen LogP contribution >= 0.6 is 0 Å². The molecule has 0 aliphatic rings. The van der Waals surface area contributed by atoms with Crippen LogP contribution in [0.5, 0.6) is 5.75 Å². The molecular weight excluding hydrogens is 284 g/mol. The summed E-state index contributed by atoms with van der Waals surface area (Å²) in [4.78, 5) is 22.1. The van der Waals surface area contributed by atoms with Crippen LogP contribution in [0, 0.1) is 10.1 Å². The highest BCUT2D eigenvalue weighted by Crippen LogP contribution is 2.17. The van der Waals surface area contributed by atoms with Crippen molar-refractivity contribution in [1.82, 2.24) is 0 Å². The van der Waals surface area contributed by atoms with Gasteiger partial charge in [-0.25, -0.2) is 0 Å². The number of allylic oxidation sites excluding steroid dienone is 1. The van der Waals surface area contributed by atoms with Gasteiger partial charge in [0.15, 0.2) is 5.78 Å². The number of nitro benzene ring substituents is 1. The van der Waals surface area contributed by atoms with Crippen LogP contribution in [0.2, 0.25) is 0 Å². The fraction of sp³-hybridized carbons (Fsp3) is 0.0625. The summed E-state index contributed by atoms with van der Waals surface area (Å²) in [6, 6.07) is 12.8. The lowest BCUT2D eigenvalue weighted by molar-refractivity contribution is -0.384. The number of nitro groups is 1. The predicted octanol–water partition coefficient (Wildman–Crippen LogP) is 3.41. The quantitative estimate of drug-likeness (QED) is 0.382. The smallest absolute Gasteiger partial charge is 0.271 e. The van der Waals surface area contributed by atoms with E-state index in [1.165, 1.54) is 24.4 Å². The largest absolute Gasteiger partial charge is 0.497 e. The van der Waals surface area contributed by atoms with E-state index in [-0.39, 0.29) is 11.5 Å². The van der Waals surface area contributed by atoms with Crippen LogP contribution < -0.4 is 10.1 Å². The number of non-ortho nitro benzene ring substituents is 1. The minimum Gasteiger partial charge on any atom is -0.497 e. The molecule has 0 spiro atoms. The van der Waals surface area contributed by atoms with Gasteiger partial charge >= 0.3 is 0 Å². The van der Waals surface area contributed by atoms with E-state index in [1.54, 1.807) is 43.5 Å². The molecule has 0 bridgehead atoms. The molecule has 6 nitrogen and oxygen atoms in total. The summed E-state index contributed by atoms with van der Waals surface area (Å²) in [7, 11) is 1.56. The highest BCUT2D eigenvalue weighted by Gasteiger charge is 2.05. The molecule has 112 valence electrons. The fourth-order valence-electron chi connectivity index (χ4n) is 1.77. The fourth-order valence-corrected chi connectivity index (χ4v) is 1.77. The lowest BCUT2D eigenvalue weighted by Crippen LogP contribution is -1.97. The summed E-state index contributed by atoms with van der Waals surface area (Å²) < 4.78 is 5.02. The summed E-state index contributed by atoms with van der Waals surface area (Å²) in [5.41, 5.74) is 1.05. The molecular formula is C16H14N2O4. The van der Waals surface area contributed by atoms with E-state index in [9.17, 15) is 14.9 Å². The first-order valence-corrected chi connectivity index (χ1v) is 6.46. The van der Waals surface area contributed by atoms with E-state index in [0.717, 1.165) is 0 Å². The van der Waals surface area contributed by atoms with Crippen molar-refractivity contribution in [3.05, 3.63) is 76.5 Å². The first kappa shape index (κ1) is 15.2. The number of rotatable bonds is 6. The van der Waals surface area contributed by atoms with E-state index in [0.29, 0.717) is 17.0 Å². The van der Waals surface area contributed by atoms with Gasteiger partial charge in [0.2, 0.25) is 0 Å². The van der Waals surface area contributed by atoms with E-state index in [1.807, 2.05) is 0 Å². The molecule has 0 atom stereocenters. The number of anilines is 1. The number of methoxy groups -OCH3 is 1. The van der Waals surface area contributed by atoms with Crippen LogP contribution in [0.25, 0.3) is 0 Å². The van der Waals surface area contributed by atoms with Crippen molar-refractivity contribution in [3.63, 3.8) is 0 Å². The Bertz CT molecular complexity index is 708. The molecule has 0 aliphatic heterocycles. The Hall–Kier alpha value is -3.15. The lowest BCUT2D eigenvalue weighted by atomic mass is 10.1. The third-order valence-corrected chi connectivity index (χ3v) is 2.92. The van der Waals surface area contributed by atoms with E-state index >= 15 is 0 Å². The number of benzene rings is 2. The van der Waals surface area contributed by atoms with Gasteiger partial charge in [-0.1, -0.05) is 6.07 Å². The van der Waals surface area contributed by atoms with Crippen molar-refractivity contribution in [1.29, 1.82) is 0 Å². The molecule has 0 aromatic heterocycles. The standard InChI is InChI=1S/C16H14N2O4/c1-22-15-7-5-12(6-8-15)16(19)9-10-17-13-3-2-4-14(11-13)18(20)21/h2-11,17H,1H3. The van der Waals surface area contributed by atoms with Gasteiger partial charge in [-0.3, -0.25) is 14.9 Å². The molecule has 0 unspecified atom stereocenters. The van der Waals surface area contributed by atoms with Crippen LogP contribution in [-0.4, -0.2) is 17.8 Å². The normalized spacial score (nSPS) is 10.4. The summed E-state index contributed by atoms with van der Waals surface area (Å²) in [6.07, 6.45) is 2.81. The molecule has 6 heteroatoms. The Morgan fingerprint density at radius 2 is 1.95 bits per heavy atom. The minimum atomic E-state index is -0.475. The van der Waals surface area contributed by atoms with Gasteiger partial charge in [0.05, 0.1) is 12.0 Å². The second-order valence-electron chi connectivity index (χ2n) is 4.38. The van der Waals surface area contributed by atoms with Gasteiger partial charge in [-0.15, -0.1) is 0 Å². The highest BCUT2D eigenvalue weighted by atomic mass is 16.6. The number of carbonyl (C=O) groups is 1. The first-order valence-electron chi connectivity index (χ1n) is 6.46. The second kappa shape index (κ2) is 7.03. The molecule has 0 heterocycles. The number of ether oxygens (including phenoxy) is 1. The van der Waals surface area contributed by atoms with E-state index in [4.69, 9.17) is 4.74 Å². The maximum Gasteiger partial charge on any atom is 0.271 e. The monoisotopic (exact) mass is 298 g/mol. The van der Waals surface area contributed by atoms with Gasteiger partial charge in [-0.05, 0) is 30.3 Å². The maximum atomic E-state index is 11.9. The number of carbonyl (C=O) groups excluding carboxylic acids is 1. The SMILES string of the molecule is COc1ccc(C(=O)C=CNc2cccc([N+](=O)[O-])c2)cc1. The summed E-state index contributed by atoms with van der Waals surface area (Å²) in [6.45, 7) is 0. The zero-order valence-corrected chi connectivity index (χ0v) is 11.9. The van der Waals surface area contributed by atoms with Gasteiger partial charge in [0.25, 0.3) is 5.69 Å². The van der Waals surface area contributed by atoms with E-state index in [2.05, 4.69) is 5.32 Å². The minimum absolute atomic E-state index is 0.0140. The van der Waals surface area contributed by atoms with Crippen molar-refractivity contribution in [3.8, 4) is 5.75 Å². The zero-order valence-electron chi connectivity index (χ0n) is 11.9. The molecule has 2 aromatic rings. The van der Waals surface area contributed by atoms with Gasteiger partial charge in [-0.2, -0.15) is 0 Å². The number of ketones is 1. The second-order valence-corrected chi connectivity index (χ2v) is 4.38. The molecule has 1 N–H and O–H groups in total. The van der Waals surface area contributed by atoms with Crippen molar-refractivity contribution in [2.75, 3.05) is 12.4 Å². The van der Waals surface area contributed by atoms with Crippen molar-refractivity contribution in [2.45, 2.75) is 0 Å². The molecule has 0 fully saturated rings. The Balaban J connectivity index is 2.00. The number of hydrogen-bond donors (Lipinski definition) is 1. The Morgan fingerprint density at radius 3 is 2.59 bits per heavy atom. The first-order chi connectivity index (χ1) is 10.6. The predicted molar refractivity (Wildman–Crippen MR) is 83.2 cm³/mol. The van der Waals surface area contributed by atoms with Crippen LogP contribution in [0.3, 0.4) is 0 Å². The molecule has 2 aromatic carbocycles. The van der Waals surface area contributed by atoms with Crippen molar-refractivity contribution < 1.29 is 14.5 Å². The zero-order chi connectivity index (χ0) is 15.9. The van der Waals surface area contributed by atoms with Crippen molar-refractivity contribution >= 4 is 17.2 Å². The van der Waals surface area contributed by atoms with Gasteiger partial charge in [0.1, 0.15) is 5.75 Å². The van der Waals surface area contributed by atoms with E-state index < -0.39 is 4.92 Å². The molecule has 2 rings (SSSR count). The molecule has 0 aliphatic carbocycles. The average molecular weight is 298 g/mol. The molecule has 0 saturated heterocycles. The van der Waals surface area contributed by atoms with Crippen LogP contribution in [0.4, 0.5) is 11.4 Å². The number of nitrogens with one attached hydrogen (secondary N) is 1.